The Morgan fingerprint density at radius 1 is 1.38 bits per heavy atom. The van der Waals surface area contributed by atoms with Crippen molar-refractivity contribution in [3.8, 4) is 5.75 Å². The Morgan fingerprint density at radius 3 is 2.75 bits per heavy atom. The van der Waals surface area contributed by atoms with E-state index >= 15 is 0 Å². The standard InChI is InChI=1S/C14H18O2/c1-4-8-16-13-7-5-6-12(10-13)14(15)9-11(2)3/h5-7,9-10H,4,8H2,1-3H3. The number of carbonyl (C=O) groups is 1. The predicted octanol–water partition coefficient (Wildman–Crippen LogP) is 3.62. The molecule has 0 atom stereocenters. The third-order valence-corrected chi connectivity index (χ3v) is 2.01. The highest BCUT2D eigenvalue weighted by molar-refractivity contribution is 6.05. The average Bonchev–Trinajstić information content (AvgIpc) is 2.26. The van der Waals surface area contributed by atoms with Crippen molar-refractivity contribution < 1.29 is 9.53 Å². The van der Waals surface area contributed by atoms with E-state index in [1.54, 1.807) is 18.2 Å². The SMILES string of the molecule is CCCOc1cccc(C(=O)C=C(C)C)c1. The van der Waals surface area contributed by atoms with E-state index in [1.165, 1.54) is 0 Å². The molecular formula is C14H18O2. The smallest absolute Gasteiger partial charge is 0.185 e. The highest BCUT2D eigenvalue weighted by Gasteiger charge is 2.03. The summed E-state index contributed by atoms with van der Waals surface area (Å²) in [6.45, 7) is 6.56. The molecule has 1 aromatic rings. The Morgan fingerprint density at radius 2 is 2.12 bits per heavy atom. The van der Waals surface area contributed by atoms with Gasteiger partial charge in [0.2, 0.25) is 0 Å². The molecule has 0 saturated carbocycles. The quantitative estimate of drug-likeness (QED) is 0.557. The van der Waals surface area contributed by atoms with Crippen LogP contribution in [0, 0.1) is 0 Å². The molecule has 2 heteroatoms. The first-order valence-corrected chi connectivity index (χ1v) is 5.55. The monoisotopic (exact) mass is 218 g/mol. The molecule has 0 unspecified atom stereocenters. The summed E-state index contributed by atoms with van der Waals surface area (Å²) in [6.07, 6.45) is 2.60. The van der Waals surface area contributed by atoms with Crippen LogP contribution < -0.4 is 4.74 Å². The number of hydrogen-bond donors (Lipinski definition) is 0. The number of ketones is 1. The second kappa shape index (κ2) is 6.11. The molecule has 0 spiro atoms. The van der Waals surface area contributed by atoms with Gasteiger partial charge in [0, 0.05) is 5.56 Å². The lowest BCUT2D eigenvalue weighted by Crippen LogP contribution is -1.98. The molecule has 0 saturated heterocycles. The van der Waals surface area contributed by atoms with Gasteiger partial charge in [0.15, 0.2) is 5.78 Å². The van der Waals surface area contributed by atoms with Crippen LogP contribution in [0.1, 0.15) is 37.6 Å². The Balaban J connectivity index is 2.81. The maximum atomic E-state index is 11.7. The number of carbonyl (C=O) groups excluding carboxylic acids is 1. The third kappa shape index (κ3) is 3.89. The molecule has 16 heavy (non-hydrogen) atoms. The number of hydrogen-bond acceptors (Lipinski definition) is 2. The van der Waals surface area contributed by atoms with Gasteiger partial charge in [-0.3, -0.25) is 4.79 Å². The van der Waals surface area contributed by atoms with Crippen molar-refractivity contribution in [2.75, 3.05) is 6.61 Å². The summed E-state index contributed by atoms with van der Waals surface area (Å²) in [7, 11) is 0. The average molecular weight is 218 g/mol. The van der Waals surface area contributed by atoms with Crippen molar-refractivity contribution in [2.45, 2.75) is 27.2 Å². The highest BCUT2D eigenvalue weighted by Crippen LogP contribution is 2.14. The van der Waals surface area contributed by atoms with E-state index in [4.69, 9.17) is 4.74 Å². The molecule has 0 amide bonds. The van der Waals surface area contributed by atoms with Crippen LogP contribution in [0.2, 0.25) is 0 Å². The molecule has 0 aliphatic rings. The normalized spacial score (nSPS) is 9.69. The summed E-state index contributed by atoms with van der Waals surface area (Å²) >= 11 is 0. The van der Waals surface area contributed by atoms with Gasteiger partial charge in [-0.15, -0.1) is 0 Å². The van der Waals surface area contributed by atoms with Gasteiger partial charge in [-0.1, -0.05) is 24.6 Å². The predicted molar refractivity (Wildman–Crippen MR) is 66.0 cm³/mol. The maximum Gasteiger partial charge on any atom is 0.185 e. The molecule has 0 fully saturated rings. The summed E-state index contributed by atoms with van der Waals surface area (Å²) in [4.78, 5) is 11.7. The lowest BCUT2D eigenvalue weighted by Gasteiger charge is -2.05. The first-order valence-electron chi connectivity index (χ1n) is 5.55. The van der Waals surface area contributed by atoms with E-state index in [0.29, 0.717) is 12.2 Å². The van der Waals surface area contributed by atoms with Gasteiger partial charge in [-0.2, -0.15) is 0 Å². The van der Waals surface area contributed by atoms with Gasteiger partial charge in [0.1, 0.15) is 5.75 Å². The lowest BCUT2D eigenvalue weighted by molar-refractivity contribution is 0.104. The van der Waals surface area contributed by atoms with Gasteiger partial charge in [-0.05, 0) is 38.5 Å². The summed E-state index contributed by atoms with van der Waals surface area (Å²) < 4.78 is 5.48. The van der Waals surface area contributed by atoms with Crippen LogP contribution in [0.4, 0.5) is 0 Å². The first kappa shape index (κ1) is 12.5. The van der Waals surface area contributed by atoms with Crippen LogP contribution in [-0.4, -0.2) is 12.4 Å². The van der Waals surface area contributed by atoms with Crippen LogP contribution in [0.25, 0.3) is 0 Å². The zero-order chi connectivity index (χ0) is 12.0. The summed E-state index contributed by atoms with van der Waals surface area (Å²) in [5, 5.41) is 0. The zero-order valence-corrected chi connectivity index (χ0v) is 10.1. The first-order chi connectivity index (χ1) is 7.63. The van der Waals surface area contributed by atoms with Crippen molar-refractivity contribution in [1.82, 2.24) is 0 Å². The van der Waals surface area contributed by atoms with E-state index in [2.05, 4.69) is 6.92 Å². The second-order valence-corrected chi connectivity index (χ2v) is 3.96. The fraction of sp³-hybridized carbons (Fsp3) is 0.357. The second-order valence-electron chi connectivity index (χ2n) is 3.96. The highest BCUT2D eigenvalue weighted by atomic mass is 16.5. The molecule has 1 aromatic carbocycles. The molecule has 1 rings (SSSR count). The van der Waals surface area contributed by atoms with Crippen LogP contribution >= 0.6 is 0 Å². The maximum absolute atomic E-state index is 11.7. The minimum atomic E-state index is 0.0296. The minimum absolute atomic E-state index is 0.0296. The van der Waals surface area contributed by atoms with Crippen molar-refractivity contribution in [3.63, 3.8) is 0 Å². The molecule has 0 radical (unpaired) electrons. The van der Waals surface area contributed by atoms with Crippen LogP contribution in [0.15, 0.2) is 35.9 Å². The molecule has 2 nitrogen and oxygen atoms in total. The van der Waals surface area contributed by atoms with Gasteiger partial charge in [0.25, 0.3) is 0 Å². The zero-order valence-electron chi connectivity index (χ0n) is 10.1. The summed E-state index contributed by atoms with van der Waals surface area (Å²) in [5.74, 6) is 0.789. The van der Waals surface area contributed by atoms with Crippen molar-refractivity contribution in [3.05, 3.63) is 41.5 Å². The van der Waals surface area contributed by atoms with Gasteiger partial charge in [0.05, 0.1) is 6.61 Å². The molecule has 0 bridgehead atoms. The molecular weight excluding hydrogens is 200 g/mol. The van der Waals surface area contributed by atoms with Crippen molar-refractivity contribution in [2.24, 2.45) is 0 Å². The van der Waals surface area contributed by atoms with Gasteiger partial charge in [-0.25, -0.2) is 0 Å². The van der Waals surface area contributed by atoms with Crippen LogP contribution in [0.3, 0.4) is 0 Å². The van der Waals surface area contributed by atoms with Crippen molar-refractivity contribution >= 4 is 5.78 Å². The molecule has 0 heterocycles. The Hall–Kier alpha value is -1.57. The molecule has 86 valence electrons. The summed E-state index contributed by atoms with van der Waals surface area (Å²) in [5.41, 5.74) is 1.68. The fourth-order valence-corrected chi connectivity index (χ4v) is 1.30. The topological polar surface area (TPSA) is 26.3 Å². The molecule has 0 aliphatic carbocycles. The molecule has 0 aliphatic heterocycles. The number of rotatable bonds is 5. The van der Waals surface area contributed by atoms with Crippen molar-refractivity contribution in [1.29, 1.82) is 0 Å². The Bertz CT molecular complexity index is 387. The number of allylic oxidation sites excluding steroid dienone is 2. The number of benzene rings is 1. The van der Waals surface area contributed by atoms with Gasteiger partial charge < -0.3 is 4.74 Å². The van der Waals surface area contributed by atoms with E-state index in [1.807, 2.05) is 26.0 Å². The van der Waals surface area contributed by atoms with Gasteiger partial charge >= 0.3 is 0 Å². The lowest BCUT2D eigenvalue weighted by atomic mass is 10.1. The largest absolute Gasteiger partial charge is 0.494 e. The Labute approximate surface area is 96.9 Å². The summed E-state index contributed by atoms with van der Waals surface area (Å²) in [6, 6.07) is 7.31. The third-order valence-electron chi connectivity index (χ3n) is 2.01. The van der Waals surface area contributed by atoms with Crippen LogP contribution in [0.5, 0.6) is 5.75 Å². The van der Waals surface area contributed by atoms with Crippen LogP contribution in [-0.2, 0) is 0 Å². The van der Waals surface area contributed by atoms with E-state index in [0.717, 1.165) is 17.7 Å². The number of ether oxygens (including phenoxy) is 1. The molecule has 0 aromatic heterocycles. The van der Waals surface area contributed by atoms with E-state index in [9.17, 15) is 4.79 Å². The van der Waals surface area contributed by atoms with E-state index in [-0.39, 0.29) is 5.78 Å². The minimum Gasteiger partial charge on any atom is -0.494 e. The fourth-order valence-electron chi connectivity index (χ4n) is 1.30. The van der Waals surface area contributed by atoms with E-state index < -0.39 is 0 Å². The Kier molecular flexibility index (Phi) is 4.77. The molecule has 0 N–H and O–H groups in total.